The first-order valence-electron chi connectivity index (χ1n) is 21.7. The SMILES string of the molecule is Cc1cc(N2c3ccc(-c4cc(-c5ccccc5)c5ccc6c(-c7cccc8ccccc78)cc(-c7ccccc7)c7ccc4c5c76)cc3C3(C)CCCCC23C)ccn1. The number of fused-ring (bicyclic) bond motifs is 4. The average Bonchev–Trinajstić information content (AvgIpc) is 3.50. The summed E-state index contributed by atoms with van der Waals surface area (Å²) in [7, 11) is 0. The Morgan fingerprint density at radius 1 is 0.467 bits per heavy atom. The minimum atomic E-state index is -0.0380. The van der Waals surface area contributed by atoms with Crippen LogP contribution in [0.25, 0.3) is 87.6 Å². The van der Waals surface area contributed by atoms with E-state index in [1.807, 2.05) is 6.20 Å². The van der Waals surface area contributed by atoms with E-state index < -0.39 is 0 Å². The Balaban J connectivity index is 1.18. The molecule has 0 radical (unpaired) electrons. The van der Waals surface area contributed by atoms with Gasteiger partial charge in [-0.25, -0.2) is 0 Å². The van der Waals surface area contributed by atoms with Gasteiger partial charge in [0.15, 0.2) is 0 Å². The molecule has 0 saturated heterocycles. The molecule has 1 saturated carbocycles. The third-order valence-corrected chi connectivity index (χ3v) is 14.7. The van der Waals surface area contributed by atoms with Crippen molar-refractivity contribution in [2.45, 2.75) is 57.4 Å². The van der Waals surface area contributed by atoms with Gasteiger partial charge in [-0.3, -0.25) is 4.98 Å². The van der Waals surface area contributed by atoms with Crippen LogP contribution in [-0.4, -0.2) is 10.5 Å². The van der Waals surface area contributed by atoms with Crippen molar-refractivity contribution in [2.75, 3.05) is 4.90 Å². The summed E-state index contributed by atoms with van der Waals surface area (Å²) in [4.78, 5) is 7.26. The predicted octanol–water partition coefficient (Wildman–Crippen LogP) is 15.9. The second-order valence-electron chi connectivity index (χ2n) is 17.8. The second-order valence-corrected chi connectivity index (χ2v) is 17.8. The van der Waals surface area contributed by atoms with Gasteiger partial charge in [0, 0.05) is 28.7 Å². The van der Waals surface area contributed by atoms with Gasteiger partial charge in [0.05, 0.1) is 5.54 Å². The van der Waals surface area contributed by atoms with Crippen LogP contribution >= 0.6 is 0 Å². The van der Waals surface area contributed by atoms with E-state index in [9.17, 15) is 0 Å². The van der Waals surface area contributed by atoms with Gasteiger partial charge in [0.25, 0.3) is 0 Å². The quantitative estimate of drug-likeness (QED) is 0.162. The molecule has 2 atom stereocenters. The zero-order valence-corrected chi connectivity index (χ0v) is 34.5. The number of pyridine rings is 1. The van der Waals surface area contributed by atoms with Gasteiger partial charge in [-0.15, -0.1) is 0 Å². The first kappa shape index (κ1) is 35.2. The molecule has 2 heteroatoms. The number of benzene rings is 9. The zero-order chi connectivity index (χ0) is 40.2. The maximum Gasteiger partial charge on any atom is 0.0517 e. The van der Waals surface area contributed by atoms with Gasteiger partial charge in [-0.2, -0.15) is 0 Å². The number of aryl methyl sites for hydroxylation is 1. The molecule has 0 N–H and O–H groups in total. The normalized spacial score (nSPS) is 18.8. The van der Waals surface area contributed by atoms with E-state index in [0.29, 0.717) is 0 Å². The molecule has 9 aromatic carbocycles. The highest BCUT2D eigenvalue weighted by molar-refractivity contribution is 6.32. The molecule has 12 rings (SSSR count). The smallest absolute Gasteiger partial charge is 0.0517 e. The van der Waals surface area contributed by atoms with Crippen LogP contribution in [0.3, 0.4) is 0 Å². The minimum Gasteiger partial charge on any atom is -0.334 e. The number of hydrogen-bond acceptors (Lipinski definition) is 2. The van der Waals surface area contributed by atoms with Gasteiger partial charge < -0.3 is 4.90 Å². The minimum absolute atomic E-state index is 0.00222. The summed E-state index contributed by atoms with van der Waals surface area (Å²) in [6.45, 7) is 7.17. The highest BCUT2D eigenvalue weighted by atomic mass is 15.3. The molecule has 60 heavy (non-hydrogen) atoms. The molecule has 10 aromatic rings. The van der Waals surface area contributed by atoms with Gasteiger partial charge in [-0.1, -0.05) is 153 Å². The van der Waals surface area contributed by atoms with Gasteiger partial charge in [0.1, 0.15) is 0 Å². The molecule has 2 heterocycles. The summed E-state index contributed by atoms with van der Waals surface area (Å²) in [5, 5.41) is 10.4. The number of hydrogen-bond donors (Lipinski definition) is 0. The molecule has 0 amide bonds. The summed E-state index contributed by atoms with van der Waals surface area (Å²) in [6, 6.07) is 64.1. The molecule has 0 bridgehead atoms. The number of anilines is 2. The van der Waals surface area contributed by atoms with E-state index in [2.05, 4.69) is 201 Å². The lowest BCUT2D eigenvalue weighted by Crippen LogP contribution is -2.54. The maximum absolute atomic E-state index is 4.59. The number of nitrogens with zero attached hydrogens (tertiary/aromatic N) is 2. The van der Waals surface area contributed by atoms with Crippen LogP contribution in [-0.2, 0) is 5.41 Å². The Bertz CT molecular complexity index is 3310. The van der Waals surface area contributed by atoms with E-state index in [-0.39, 0.29) is 11.0 Å². The lowest BCUT2D eigenvalue weighted by atomic mass is 9.61. The Labute approximate surface area is 352 Å². The van der Waals surface area contributed by atoms with Gasteiger partial charge in [0.2, 0.25) is 0 Å². The fourth-order valence-electron chi connectivity index (χ4n) is 11.6. The largest absolute Gasteiger partial charge is 0.334 e. The number of aromatic nitrogens is 1. The Hall–Kier alpha value is -6.77. The fraction of sp³-hybridized carbons (Fsp3) is 0.155. The van der Waals surface area contributed by atoms with Crippen molar-refractivity contribution >= 4 is 54.5 Å². The third-order valence-electron chi connectivity index (χ3n) is 14.7. The molecule has 288 valence electrons. The molecule has 2 unspecified atom stereocenters. The first-order valence-corrected chi connectivity index (χ1v) is 21.7. The van der Waals surface area contributed by atoms with Crippen molar-refractivity contribution in [3.63, 3.8) is 0 Å². The van der Waals surface area contributed by atoms with Crippen molar-refractivity contribution in [3.05, 3.63) is 187 Å². The summed E-state index contributed by atoms with van der Waals surface area (Å²) in [5.74, 6) is 0. The molecule has 1 aliphatic heterocycles. The van der Waals surface area contributed by atoms with Crippen molar-refractivity contribution in [3.8, 4) is 44.5 Å². The highest BCUT2D eigenvalue weighted by Gasteiger charge is 2.57. The molecule has 2 nitrogen and oxygen atoms in total. The van der Waals surface area contributed by atoms with E-state index >= 15 is 0 Å². The molecule has 1 aromatic heterocycles. The van der Waals surface area contributed by atoms with Crippen molar-refractivity contribution < 1.29 is 0 Å². The average molecular weight is 771 g/mol. The summed E-state index contributed by atoms with van der Waals surface area (Å²) < 4.78 is 0. The van der Waals surface area contributed by atoms with E-state index in [1.165, 1.54) is 124 Å². The Kier molecular flexibility index (Phi) is 7.69. The standard InChI is InChI=1S/C58H46N2/c1-37-33-42(29-32-59-37)60-54-28-23-41(34-53(54)57(2)30-12-13-31-58(57,60)3)51-35-49(39-15-6-4-7-16-39)45-26-27-48-52(44-22-14-20-38-19-10-11-21-43(38)44)36-50(40-17-8-5-9-18-40)46-24-25-47(51)55(45)56(46)48/h4-11,14-29,32-36H,12-13,30-31H2,1-3H3. The molecule has 1 aliphatic carbocycles. The van der Waals surface area contributed by atoms with Crippen LogP contribution in [0.2, 0.25) is 0 Å². The van der Waals surface area contributed by atoms with Crippen molar-refractivity contribution in [1.82, 2.24) is 4.98 Å². The van der Waals surface area contributed by atoms with Crippen molar-refractivity contribution in [1.29, 1.82) is 0 Å². The zero-order valence-electron chi connectivity index (χ0n) is 34.5. The van der Waals surface area contributed by atoms with Crippen LogP contribution < -0.4 is 4.90 Å². The van der Waals surface area contributed by atoms with Crippen LogP contribution in [0.4, 0.5) is 11.4 Å². The summed E-state index contributed by atoms with van der Waals surface area (Å²) in [6.07, 6.45) is 6.81. The maximum atomic E-state index is 4.59. The molecule has 1 fully saturated rings. The lowest BCUT2D eigenvalue weighted by Gasteiger charge is -2.50. The molecule has 2 aliphatic rings. The lowest BCUT2D eigenvalue weighted by molar-refractivity contribution is 0.195. The fourth-order valence-corrected chi connectivity index (χ4v) is 11.6. The van der Waals surface area contributed by atoms with Crippen LogP contribution in [0.5, 0.6) is 0 Å². The van der Waals surface area contributed by atoms with Crippen LogP contribution in [0, 0.1) is 6.92 Å². The topological polar surface area (TPSA) is 16.1 Å². The molecular weight excluding hydrogens is 725 g/mol. The Morgan fingerprint density at radius 3 is 1.73 bits per heavy atom. The molecule has 0 spiro atoms. The van der Waals surface area contributed by atoms with Gasteiger partial charge in [-0.05, 0) is 156 Å². The van der Waals surface area contributed by atoms with E-state index in [1.54, 1.807) is 0 Å². The third kappa shape index (κ3) is 4.97. The van der Waals surface area contributed by atoms with Crippen LogP contribution in [0.1, 0.15) is 50.8 Å². The van der Waals surface area contributed by atoms with Crippen LogP contribution in [0.15, 0.2) is 176 Å². The van der Waals surface area contributed by atoms with Crippen molar-refractivity contribution in [2.24, 2.45) is 0 Å². The highest BCUT2D eigenvalue weighted by Crippen LogP contribution is 2.61. The number of rotatable bonds is 5. The monoisotopic (exact) mass is 770 g/mol. The summed E-state index contributed by atoms with van der Waals surface area (Å²) in [5.41, 5.74) is 15.2. The summed E-state index contributed by atoms with van der Waals surface area (Å²) >= 11 is 0. The Morgan fingerprint density at radius 2 is 1.05 bits per heavy atom. The first-order chi connectivity index (χ1) is 29.4. The van der Waals surface area contributed by atoms with Gasteiger partial charge >= 0.3 is 0 Å². The molecular formula is C58H46N2. The second kappa shape index (κ2) is 13.1. The van der Waals surface area contributed by atoms with E-state index in [4.69, 9.17) is 0 Å². The van der Waals surface area contributed by atoms with E-state index in [0.717, 1.165) is 12.1 Å². The predicted molar refractivity (Wildman–Crippen MR) is 255 cm³/mol.